The first-order valence-corrected chi connectivity index (χ1v) is 9.56. The monoisotopic (exact) mass is 335 g/mol. The van der Waals surface area contributed by atoms with E-state index in [2.05, 4.69) is 9.88 Å². The number of rotatable bonds is 3. The molecular formula is C12H18ClN3O2S2. The van der Waals surface area contributed by atoms with Gasteiger partial charge in [-0.2, -0.15) is 4.31 Å². The average Bonchev–Trinajstić information content (AvgIpc) is 3.10. The van der Waals surface area contributed by atoms with Gasteiger partial charge in [0.1, 0.15) is 0 Å². The largest absolute Gasteiger partial charge is 0.298 e. The van der Waals surface area contributed by atoms with Crippen LogP contribution in [0.1, 0.15) is 25.7 Å². The molecule has 20 heavy (non-hydrogen) atoms. The van der Waals surface area contributed by atoms with Crippen LogP contribution >= 0.6 is 22.9 Å². The molecular weight excluding hydrogens is 318 g/mol. The van der Waals surface area contributed by atoms with Crippen molar-refractivity contribution in [3.05, 3.63) is 10.7 Å². The Hall–Kier alpha value is -0.210. The summed E-state index contributed by atoms with van der Waals surface area (Å²) in [5.74, 6) is 0. The minimum atomic E-state index is -3.41. The molecule has 2 aliphatic rings. The van der Waals surface area contributed by atoms with Crippen LogP contribution in [0.3, 0.4) is 0 Å². The molecule has 0 amide bonds. The number of sulfonamides is 1. The van der Waals surface area contributed by atoms with Gasteiger partial charge >= 0.3 is 0 Å². The summed E-state index contributed by atoms with van der Waals surface area (Å²) >= 11 is 6.76. The third-order valence-electron chi connectivity index (χ3n) is 4.16. The molecule has 2 fully saturated rings. The highest BCUT2D eigenvalue weighted by Gasteiger charge is 2.32. The van der Waals surface area contributed by atoms with E-state index in [9.17, 15) is 8.42 Å². The number of hydrogen-bond donors (Lipinski definition) is 0. The van der Waals surface area contributed by atoms with Crippen molar-refractivity contribution >= 4 is 33.0 Å². The number of thiazole rings is 1. The Bertz CT molecular complexity index is 561. The first kappa shape index (κ1) is 14.7. The molecule has 1 saturated heterocycles. The predicted molar refractivity (Wildman–Crippen MR) is 79.7 cm³/mol. The molecule has 0 atom stereocenters. The zero-order valence-corrected chi connectivity index (χ0v) is 13.6. The molecule has 112 valence electrons. The SMILES string of the molecule is O=S(=O)(c1cnc(Cl)s1)N1CCN(C2CCCC2)CC1. The van der Waals surface area contributed by atoms with E-state index in [4.69, 9.17) is 11.6 Å². The Morgan fingerprint density at radius 1 is 1.20 bits per heavy atom. The maximum Gasteiger partial charge on any atom is 0.254 e. The number of aromatic nitrogens is 1. The predicted octanol–water partition coefficient (Wildman–Crippen LogP) is 2.05. The van der Waals surface area contributed by atoms with Gasteiger partial charge in [-0.15, -0.1) is 0 Å². The molecule has 5 nitrogen and oxygen atoms in total. The van der Waals surface area contributed by atoms with E-state index in [1.165, 1.54) is 31.9 Å². The van der Waals surface area contributed by atoms with Crippen molar-refractivity contribution in [1.82, 2.24) is 14.2 Å². The molecule has 1 aromatic heterocycles. The van der Waals surface area contributed by atoms with Crippen LogP contribution in [0.5, 0.6) is 0 Å². The molecule has 0 bridgehead atoms. The van der Waals surface area contributed by atoms with E-state index in [1.807, 2.05) is 0 Å². The lowest BCUT2D eigenvalue weighted by atomic mass is 10.2. The second-order valence-corrected chi connectivity index (χ2v) is 9.09. The fourth-order valence-corrected chi connectivity index (χ4v) is 5.94. The van der Waals surface area contributed by atoms with Gasteiger partial charge in [-0.25, -0.2) is 13.4 Å². The molecule has 1 aliphatic heterocycles. The summed E-state index contributed by atoms with van der Waals surface area (Å²) in [7, 11) is -3.41. The first-order valence-electron chi connectivity index (χ1n) is 6.93. The first-order chi connectivity index (χ1) is 9.57. The van der Waals surface area contributed by atoms with Crippen LogP contribution in [-0.4, -0.2) is 54.8 Å². The number of halogens is 1. The maximum atomic E-state index is 12.4. The third kappa shape index (κ3) is 2.87. The van der Waals surface area contributed by atoms with Crippen LogP contribution in [0, 0.1) is 0 Å². The molecule has 2 heterocycles. The molecule has 0 N–H and O–H groups in total. The van der Waals surface area contributed by atoms with Crippen molar-refractivity contribution in [2.24, 2.45) is 0 Å². The van der Waals surface area contributed by atoms with Crippen molar-refractivity contribution in [3.8, 4) is 0 Å². The molecule has 0 spiro atoms. The number of nitrogens with zero attached hydrogens (tertiary/aromatic N) is 3. The standard InChI is InChI=1S/C12H18ClN3O2S2/c13-12-14-9-11(19-12)20(17,18)16-7-5-15(6-8-16)10-3-1-2-4-10/h9-10H,1-8H2. The Labute approximate surface area is 128 Å². The third-order valence-corrected chi connectivity index (χ3v) is 7.61. The summed E-state index contributed by atoms with van der Waals surface area (Å²) in [6.07, 6.45) is 6.49. The van der Waals surface area contributed by atoms with Gasteiger partial charge in [0.2, 0.25) is 0 Å². The lowest BCUT2D eigenvalue weighted by molar-refractivity contribution is 0.139. The summed E-state index contributed by atoms with van der Waals surface area (Å²) in [5.41, 5.74) is 0. The van der Waals surface area contributed by atoms with E-state index in [0.717, 1.165) is 24.4 Å². The minimum absolute atomic E-state index is 0.247. The van der Waals surface area contributed by atoms with Gasteiger partial charge in [0.25, 0.3) is 10.0 Å². The van der Waals surface area contributed by atoms with Crippen LogP contribution in [0.15, 0.2) is 10.4 Å². The average molecular weight is 336 g/mol. The van der Waals surface area contributed by atoms with Gasteiger partial charge < -0.3 is 0 Å². The fraction of sp³-hybridized carbons (Fsp3) is 0.750. The minimum Gasteiger partial charge on any atom is -0.298 e. The quantitative estimate of drug-likeness (QED) is 0.848. The van der Waals surface area contributed by atoms with Gasteiger partial charge in [0, 0.05) is 32.2 Å². The highest BCUT2D eigenvalue weighted by molar-refractivity contribution is 7.91. The molecule has 1 aromatic rings. The van der Waals surface area contributed by atoms with Gasteiger partial charge in [-0.05, 0) is 12.8 Å². The van der Waals surface area contributed by atoms with Crippen molar-refractivity contribution in [2.45, 2.75) is 35.9 Å². The van der Waals surface area contributed by atoms with Crippen molar-refractivity contribution in [2.75, 3.05) is 26.2 Å². The Morgan fingerprint density at radius 3 is 2.40 bits per heavy atom. The topological polar surface area (TPSA) is 53.5 Å². The summed E-state index contributed by atoms with van der Waals surface area (Å²) in [4.78, 5) is 6.27. The highest BCUT2D eigenvalue weighted by atomic mass is 35.5. The second kappa shape index (κ2) is 5.88. The summed E-state index contributed by atoms with van der Waals surface area (Å²) < 4.78 is 27.0. The normalized spacial score (nSPS) is 23.4. The molecule has 3 rings (SSSR count). The highest BCUT2D eigenvalue weighted by Crippen LogP contribution is 2.28. The zero-order valence-electron chi connectivity index (χ0n) is 11.2. The molecule has 1 aliphatic carbocycles. The van der Waals surface area contributed by atoms with Gasteiger partial charge in [0.05, 0.1) is 6.20 Å². The van der Waals surface area contributed by atoms with Gasteiger partial charge in [0.15, 0.2) is 8.68 Å². The molecule has 1 saturated carbocycles. The summed E-state index contributed by atoms with van der Waals surface area (Å²) in [5, 5.41) is 0. The molecule has 0 unspecified atom stereocenters. The second-order valence-electron chi connectivity index (χ2n) is 5.31. The van der Waals surface area contributed by atoms with Crippen molar-refractivity contribution < 1.29 is 8.42 Å². The fourth-order valence-electron chi connectivity index (χ4n) is 3.06. The Morgan fingerprint density at radius 2 is 1.85 bits per heavy atom. The van der Waals surface area contributed by atoms with Crippen LogP contribution in [0.2, 0.25) is 4.47 Å². The van der Waals surface area contributed by atoms with E-state index >= 15 is 0 Å². The van der Waals surface area contributed by atoms with E-state index in [-0.39, 0.29) is 8.68 Å². The van der Waals surface area contributed by atoms with E-state index < -0.39 is 10.0 Å². The van der Waals surface area contributed by atoms with Crippen LogP contribution in [-0.2, 0) is 10.0 Å². The van der Waals surface area contributed by atoms with Crippen LogP contribution in [0.25, 0.3) is 0 Å². The smallest absolute Gasteiger partial charge is 0.254 e. The summed E-state index contributed by atoms with van der Waals surface area (Å²) in [6, 6.07) is 0.665. The lowest BCUT2D eigenvalue weighted by Crippen LogP contribution is -2.51. The van der Waals surface area contributed by atoms with Gasteiger partial charge in [-0.1, -0.05) is 35.8 Å². The number of hydrogen-bond acceptors (Lipinski definition) is 5. The van der Waals surface area contributed by atoms with Crippen LogP contribution < -0.4 is 0 Å². The number of piperazine rings is 1. The zero-order chi connectivity index (χ0) is 14.2. The molecule has 8 heteroatoms. The lowest BCUT2D eigenvalue weighted by Gasteiger charge is -2.37. The van der Waals surface area contributed by atoms with Crippen molar-refractivity contribution in [3.63, 3.8) is 0 Å². The Balaban J connectivity index is 1.65. The van der Waals surface area contributed by atoms with E-state index in [1.54, 1.807) is 4.31 Å². The Kier molecular flexibility index (Phi) is 4.33. The van der Waals surface area contributed by atoms with E-state index in [0.29, 0.717) is 19.1 Å². The maximum absolute atomic E-state index is 12.4. The van der Waals surface area contributed by atoms with Crippen LogP contribution in [0.4, 0.5) is 0 Å². The summed E-state index contributed by atoms with van der Waals surface area (Å²) in [6.45, 7) is 2.79. The van der Waals surface area contributed by atoms with Crippen molar-refractivity contribution in [1.29, 1.82) is 0 Å². The molecule has 0 aromatic carbocycles. The molecule has 0 radical (unpaired) electrons. The van der Waals surface area contributed by atoms with Gasteiger partial charge in [-0.3, -0.25) is 4.90 Å².